The van der Waals surface area contributed by atoms with Crippen LogP contribution in [-0.4, -0.2) is 105 Å². The maximum atomic E-state index is 12.3. The van der Waals surface area contributed by atoms with Crippen molar-refractivity contribution in [3.63, 3.8) is 0 Å². The van der Waals surface area contributed by atoms with Crippen LogP contribution >= 0.6 is 0 Å². The summed E-state index contributed by atoms with van der Waals surface area (Å²) < 4.78 is 14.4. The molecule has 8 rings (SSSR count). The molecule has 0 amide bonds. The Hall–Kier alpha value is -4.69. The van der Waals surface area contributed by atoms with Crippen molar-refractivity contribution in [2.45, 2.75) is 98.1 Å². The summed E-state index contributed by atoms with van der Waals surface area (Å²) in [5, 5.41) is 0. The summed E-state index contributed by atoms with van der Waals surface area (Å²) in [6.45, 7) is 30.1. The number of hydrogen-bond donors (Lipinski definition) is 4. The Kier molecular flexibility index (Phi) is 13.6. The number of aryl methyl sites for hydroxylation is 1. The molecule has 2 saturated heterocycles. The van der Waals surface area contributed by atoms with Crippen molar-refractivity contribution in [2.24, 2.45) is 0 Å². The van der Waals surface area contributed by atoms with Crippen molar-refractivity contribution in [3.05, 3.63) is 103 Å². The van der Waals surface area contributed by atoms with E-state index in [1.807, 2.05) is 27.3 Å². The quantitative estimate of drug-likeness (QED) is 0.145. The van der Waals surface area contributed by atoms with Gasteiger partial charge in [0, 0.05) is 52.4 Å². The van der Waals surface area contributed by atoms with Gasteiger partial charge in [0.2, 0.25) is 0 Å². The van der Waals surface area contributed by atoms with Gasteiger partial charge in [0.25, 0.3) is 0 Å². The van der Waals surface area contributed by atoms with Crippen LogP contribution < -0.4 is 17.1 Å². The van der Waals surface area contributed by atoms with Crippen LogP contribution in [0.3, 0.4) is 0 Å². The minimum atomic E-state index is -0.147. The van der Waals surface area contributed by atoms with Gasteiger partial charge in [-0.1, -0.05) is 80.5 Å². The molecule has 0 unspecified atom stereocenters. The molecule has 2 aliphatic rings. The molecular weight excluding hydrogens is 745 g/mol. The van der Waals surface area contributed by atoms with Crippen molar-refractivity contribution < 1.29 is 9.47 Å². The van der Waals surface area contributed by atoms with Gasteiger partial charge < -0.3 is 29.4 Å². The zero-order valence-corrected chi connectivity index (χ0v) is 36.7. The molecule has 320 valence electrons. The molecule has 3 aromatic heterocycles. The number of morpholine rings is 2. The Labute approximate surface area is 347 Å². The molecule has 2 aliphatic heterocycles. The number of hydrogen-bond acceptors (Lipinski definition) is 7. The molecular formula is C46H66N8O5. The van der Waals surface area contributed by atoms with E-state index in [1.165, 1.54) is 16.7 Å². The number of nitrogens with one attached hydrogen (secondary N) is 4. The highest BCUT2D eigenvalue weighted by molar-refractivity contribution is 5.77. The Morgan fingerprint density at radius 1 is 0.475 bits per heavy atom. The molecule has 0 aliphatic carbocycles. The molecule has 0 saturated carbocycles. The Bertz CT molecular complexity index is 2480. The molecule has 4 N–H and O–H groups in total. The molecule has 5 heterocycles. The van der Waals surface area contributed by atoms with Crippen LogP contribution in [0, 0.1) is 0 Å². The van der Waals surface area contributed by atoms with E-state index in [0.29, 0.717) is 6.54 Å². The van der Waals surface area contributed by atoms with Crippen LogP contribution in [-0.2, 0) is 38.8 Å². The SMILES string of the molecule is CC(C)(C)c1ccc2[nH]c(=O)[nH]c2c1.CC(C)(C)c1ccc2c(c1)[nH]c(=O)n2CCCN1CCOCC1.CC(C)(C)c1ccc2c(c1)[nH]c(=O)n2CCN1CCOCC1. The van der Waals surface area contributed by atoms with E-state index in [4.69, 9.17) is 9.47 Å². The van der Waals surface area contributed by atoms with E-state index in [2.05, 4.69) is 128 Å². The second-order valence-electron chi connectivity index (χ2n) is 19.0. The number of fused-ring (bicyclic) bond motifs is 3. The number of benzene rings is 3. The molecule has 59 heavy (non-hydrogen) atoms. The molecule has 0 atom stereocenters. The van der Waals surface area contributed by atoms with Crippen molar-refractivity contribution in [2.75, 3.05) is 65.7 Å². The molecule has 0 spiro atoms. The van der Waals surface area contributed by atoms with Gasteiger partial charge in [0.05, 0.1) is 59.5 Å². The zero-order valence-electron chi connectivity index (χ0n) is 36.7. The summed E-state index contributed by atoms with van der Waals surface area (Å²) in [6, 6.07) is 18.6. The van der Waals surface area contributed by atoms with Crippen LogP contribution in [0.25, 0.3) is 33.1 Å². The van der Waals surface area contributed by atoms with Gasteiger partial charge in [-0.05, 0) is 75.8 Å². The molecule has 0 bridgehead atoms. The summed E-state index contributed by atoms with van der Waals surface area (Å²) in [6.07, 6.45) is 0.980. The highest BCUT2D eigenvalue weighted by Crippen LogP contribution is 2.27. The van der Waals surface area contributed by atoms with Crippen molar-refractivity contribution in [1.82, 2.24) is 38.9 Å². The van der Waals surface area contributed by atoms with Gasteiger partial charge in [-0.25, -0.2) is 14.4 Å². The lowest BCUT2D eigenvalue weighted by Crippen LogP contribution is -2.39. The van der Waals surface area contributed by atoms with E-state index < -0.39 is 0 Å². The average molecular weight is 811 g/mol. The van der Waals surface area contributed by atoms with E-state index in [0.717, 1.165) is 112 Å². The van der Waals surface area contributed by atoms with E-state index in [1.54, 1.807) is 0 Å². The molecule has 0 radical (unpaired) electrons. The number of aromatic amines is 4. The monoisotopic (exact) mass is 811 g/mol. The van der Waals surface area contributed by atoms with Crippen molar-refractivity contribution in [3.8, 4) is 0 Å². The van der Waals surface area contributed by atoms with Gasteiger partial charge in [-0.2, -0.15) is 0 Å². The number of rotatable bonds is 7. The first-order valence-corrected chi connectivity index (χ1v) is 21.2. The van der Waals surface area contributed by atoms with Crippen LogP contribution in [0.5, 0.6) is 0 Å². The van der Waals surface area contributed by atoms with Crippen molar-refractivity contribution in [1.29, 1.82) is 0 Å². The first-order chi connectivity index (χ1) is 27.9. The maximum Gasteiger partial charge on any atom is 0.326 e. The predicted molar refractivity (Wildman–Crippen MR) is 239 cm³/mol. The topological polar surface area (TPSA) is 149 Å². The van der Waals surface area contributed by atoms with Crippen LogP contribution in [0.4, 0.5) is 0 Å². The fourth-order valence-corrected chi connectivity index (χ4v) is 7.55. The second-order valence-corrected chi connectivity index (χ2v) is 19.0. The first kappa shape index (κ1) is 43.9. The minimum absolute atomic E-state index is 0.00645. The number of ether oxygens (including phenoxy) is 2. The third kappa shape index (κ3) is 11.3. The fourth-order valence-electron chi connectivity index (χ4n) is 7.55. The Morgan fingerprint density at radius 3 is 1.36 bits per heavy atom. The summed E-state index contributed by atoms with van der Waals surface area (Å²) >= 11 is 0. The normalized spacial score (nSPS) is 15.9. The van der Waals surface area contributed by atoms with Gasteiger partial charge in [-0.3, -0.25) is 18.9 Å². The summed E-state index contributed by atoms with van der Waals surface area (Å²) in [5.41, 5.74) is 9.42. The summed E-state index contributed by atoms with van der Waals surface area (Å²) in [5.74, 6) is 0. The highest BCUT2D eigenvalue weighted by Gasteiger charge is 2.19. The molecule has 3 aromatic carbocycles. The third-order valence-electron chi connectivity index (χ3n) is 11.4. The van der Waals surface area contributed by atoms with E-state index in [-0.39, 0.29) is 33.3 Å². The number of nitrogens with zero attached hydrogens (tertiary/aromatic N) is 4. The molecule has 6 aromatic rings. The van der Waals surface area contributed by atoms with Gasteiger partial charge in [0.15, 0.2) is 0 Å². The number of aromatic nitrogens is 6. The van der Waals surface area contributed by atoms with Gasteiger partial charge >= 0.3 is 17.1 Å². The third-order valence-corrected chi connectivity index (χ3v) is 11.4. The van der Waals surface area contributed by atoms with Gasteiger partial charge in [-0.15, -0.1) is 0 Å². The highest BCUT2D eigenvalue weighted by atomic mass is 16.5. The summed E-state index contributed by atoms with van der Waals surface area (Å²) in [7, 11) is 0. The number of imidazole rings is 3. The largest absolute Gasteiger partial charge is 0.379 e. The number of H-pyrrole nitrogens is 4. The van der Waals surface area contributed by atoms with Crippen LogP contribution in [0.15, 0.2) is 69.0 Å². The lowest BCUT2D eigenvalue weighted by atomic mass is 9.87. The van der Waals surface area contributed by atoms with Gasteiger partial charge in [0.1, 0.15) is 0 Å². The second kappa shape index (κ2) is 18.3. The van der Waals surface area contributed by atoms with Crippen LogP contribution in [0.1, 0.15) is 85.4 Å². The summed E-state index contributed by atoms with van der Waals surface area (Å²) in [4.78, 5) is 51.8. The van der Waals surface area contributed by atoms with Crippen LogP contribution in [0.2, 0.25) is 0 Å². The van der Waals surface area contributed by atoms with Crippen molar-refractivity contribution >= 4 is 33.1 Å². The molecule has 2 fully saturated rings. The molecule has 13 nitrogen and oxygen atoms in total. The van der Waals surface area contributed by atoms with E-state index >= 15 is 0 Å². The smallest absolute Gasteiger partial charge is 0.326 e. The Morgan fingerprint density at radius 2 is 0.881 bits per heavy atom. The lowest BCUT2D eigenvalue weighted by Gasteiger charge is -2.26. The Balaban J connectivity index is 0.000000153. The zero-order chi connectivity index (χ0) is 42.5. The van der Waals surface area contributed by atoms with E-state index in [9.17, 15) is 14.4 Å². The minimum Gasteiger partial charge on any atom is -0.379 e. The fraction of sp³-hybridized carbons (Fsp3) is 0.543. The first-order valence-electron chi connectivity index (χ1n) is 21.2. The maximum absolute atomic E-state index is 12.3. The molecule has 13 heteroatoms. The average Bonchev–Trinajstić information content (AvgIpc) is 3.83. The standard InChI is InChI=1S/C18H27N3O2.C17H25N3O2.C11H14N2O/c1-18(2,3)14-5-6-16-15(13-14)19-17(22)21(16)8-4-7-20-9-11-23-12-10-20;1-17(2,3)13-4-5-15-14(12-13)18-16(21)20(15)7-6-19-8-10-22-11-9-19;1-11(2,3)7-4-5-8-9(6-7)13-10(14)12-8/h5-6,13H,4,7-12H2,1-3H3,(H,19,22);4-5,12H,6-11H2,1-3H3,(H,18,21);4-6H,1-3H3,(H2,12,13,14). The lowest BCUT2D eigenvalue weighted by molar-refractivity contribution is 0.0364. The predicted octanol–water partition coefficient (Wildman–Crippen LogP) is 6.46.